The number of thiazole rings is 1. The molecule has 0 saturated carbocycles. The number of ether oxygens (including phenoxy) is 3. The summed E-state index contributed by atoms with van der Waals surface area (Å²) in [6.07, 6.45) is 4.30. The van der Waals surface area contributed by atoms with Crippen LogP contribution in [0.25, 0.3) is 26.7 Å². The standard InChI is InChI=1S/C24H24N6O3S/c1-26-9-15(8-25)14-5-18-23(19(6-14)33-21-11-32-10-20(21)31-2)24(28-12-27-18)30-16-3-4-17-22(7-16)34-13-29-17/h3-9,12-13,20-21H,10-11,25H2,1-2H3,(H,27,28,30)/t20-,21-/m0/s1. The molecule has 1 fully saturated rings. The van der Waals surface area contributed by atoms with Crippen molar-refractivity contribution in [1.29, 1.82) is 0 Å². The summed E-state index contributed by atoms with van der Waals surface area (Å²) in [4.78, 5) is 17.5. The molecule has 0 unspecified atom stereocenters. The van der Waals surface area contributed by atoms with Crippen LogP contribution in [0.4, 0.5) is 11.5 Å². The van der Waals surface area contributed by atoms with Crippen molar-refractivity contribution in [2.24, 2.45) is 10.7 Å². The lowest BCUT2D eigenvalue weighted by Gasteiger charge is -2.21. The van der Waals surface area contributed by atoms with Gasteiger partial charge >= 0.3 is 0 Å². The minimum atomic E-state index is -0.268. The highest BCUT2D eigenvalue weighted by atomic mass is 32.1. The fourth-order valence-electron chi connectivity index (χ4n) is 3.94. The van der Waals surface area contributed by atoms with Gasteiger partial charge in [0.25, 0.3) is 0 Å². The largest absolute Gasteiger partial charge is 0.484 e. The number of methoxy groups -OCH3 is 1. The molecule has 1 saturated heterocycles. The SMILES string of the molecule is CN=CC(=CN)c1cc(O[C@H]2COC[C@@H]2OC)c2c(Nc3ccc4ncsc4c3)ncnc2c1. The maximum Gasteiger partial charge on any atom is 0.150 e. The molecule has 5 rings (SSSR count). The molecule has 3 heterocycles. The zero-order valence-corrected chi connectivity index (χ0v) is 19.6. The third-order valence-electron chi connectivity index (χ3n) is 5.64. The van der Waals surface area contributed by atoms with E-state index >= 15 is 0 Å². The van der Waals surface area contributed by atoms with E-state index in [0.717, 1.165) is 32.4 Å². The van der Waals surface area contributed by atoms with Crippen LogP contribution in [-0.2, 0) is 9.47 Å². The monoisotopic (exact) mass is 476 g/mol. The molecule has 0 aliphatic carbocycles. The van der Waals surface area contributed by atoms with Crippen molar-refractivity contribution in [3.63, 3.8) is 0 Å². The average Bonchev–Trinajstić information content (AvgIpc) is 3.51. The number of rotatable bonds is 7. The number of nitrogens with one attached hydrogen (secondary N) is 1. The quantitative estimate of drug-likeness (QED) is 0.387. The van der Waals surface area contributed by atoms with Gasteiger partial charge in [-0.1, -0.05) is 0 Å². The van der Waals surface area contributed by atoms with Gasteiger partial charge in [0.15, 0.2) is 6.10 Å². The molecule has 0 amide bonds. The lowest BCUT2D eigenvalue weighted by Crippen LogP contribution is -2.31. The molecule has 4 aromatic rings. The Labute approximate surface area is 200 Å². The summed E-state index contributed by atoms with van der Waals surface area (Å²) < 4.78 is 18.7. The lowest BCUT2D eigenvalue weighted by molar-refractivity contribution is 0.0332. The second-order valence-corrected chi connectivity index (χ2v) is 8.61. The summed E-state index contributed by atoms with van der Waals surface area (Å²) >= 11 is 1.59. The van der Waals surface area contributed by atoms with Crippen molar-refractivity contribution < 1.29 is 14.2 Å². The number of hydrogen-bond donors (Lipinski definition) is 2. The van der Waals surface area contributed by atoms with Gasteiger partial charge < -0.3 is 25.3 Å². The third kappa shape index (κ3) is 4.30. The van der Waals surface area contributed by atoms with E-state index in [2.05, 4.69) is 31.3 Å². The molecule has 0 bridgehead atoms. The molecular formula is C24H24N6O3S. The number of nitrogens with two attached hydrogens (primary N) is 1. The van der Waals surface area contributed by atoms with Gasteiger partial charge in [-0.25, -0.2) is 15.0 Å². The Hall–Kier alpha value is -3.60. The van der Waals surface area contributed by atoms with Crippen molar-refractivity contribution in [1.82, 2.24) is 15.0 Å². The fraction of sp³-hybridized carbons (Fsp3) is 0.250. The maximum absolute atomic E-state index is 6.45. The number of nitrogens with zero attached hydrogens (tertiary/aromatic N) is 4. The Morgan fingerprint density at radius 3 is 2.88 bits per heavy atom. The van der Waals surface area contributed by atoms with Gasteiger partial charge in [-0.3, -0.25) is 4.99 Å². The van der Waals surface area contributed by atoms with Gasteiger partial charge in [0.05, 0.1) is 39.8 Å². The number of hydrogen-bond acceptors (Lipinski definition) is 10. The Morgan fingerprint density at radius 1 is 1.18 bits per heavy atom. The predicted octanol–water partition coefficient (Wildman–Crippen LogP) is 3.78. The third-order valence-corrected chi connectivity index (χ3v) is 6.43. The lowest BCUT2D eigenvalue weighted by atomic mass is 10.0. The molecule has 2 aromatic heterocycles. The van der Waals surface area contributed by atoms with Crippen LogP contribution in [0.2, 0.25) is 0 Å². The van der Waals surface area contributed by atoms with E-state index in [4.69, 9.17) is 19.9 Å². The topological polar surface area (TPSA) is 117 Å². The molecule has 2 aromatic carbocycles. The van der Waals surface area contributed by atoms with E-state index in [1.165, 1.54) is 12.5 Å². The summed E-state index contributed by atoms with van der Waals surface area (Å²) in [6, 6.07) is 9.88. The zero-order chi connectivity index (χ0) is 23.5. The molecule has 10 heteroatoms. The summed E-state index contributed by atoms with van der Waals surface area (Å²) in [7, 11) is 3.36. The normalized spacial score (nSPS) is 18.8. The summed E-state index contributed by atoms with van der Waals surface area (Å²) in [5.41, 5.74) is 11.9. The van der Waals surface area contributed by atoms with Crippen LogP contribution in [0.3, 0.4) is 0 Å². The fourth-order valence-corrected chi connectivity index (χ4v) is 4.65. The van der Waals surface area contributed by atoms with Crippen molar-refractivity contribution in [3.05, 3.63) is 53.9 Å². The summed E-state index contributed by atoms with van der Waals surface area (Å²) in [6.45, 7) is 0.907. The van der Waals surface area contributed by atoms with Crippen molar-refractivity contribution in [2.75, 3.05) is 32.7 Å². The average molecular weight is 477 g/mol. The molecule has 2 atom stereocenters. The van der Waals surface area contributed by atoms with Crippen LogP contribution in [0.15, 0.2) is 53.4 Å². The first-order valence-electron chi connectivity index (χ1n) is 10.7. The van der Waals surface area contributed by atoms with E-state index in [-0.39, 0.29) is 12.2 Å². The molecule has 1 aliphatic rings. The smallest absolute Gasteiger partial charge is 0.150 e. The molecule has 34 heavy (non-hydrogen) atoms. The highest BCUT2D eigenvalue weighted by Gasteiger charge is 2.31. The molecule has 9 nitrogen and oxygen atoms in total. The zero-order valence-electron chi connectivity index (χ0n) is 18.8. The van der Waals surface area contributed by atoms with Crippen LogP contribution >= 0.6 is 11.3 Å². The van der Waals surface area contributed by atoms with E-state index in [9.17, 15) is 0 Å². The highest BCUT2D eigenvalue weighted by molar-refractivity contribution is 7.16. The Bertz CT molecular complexity index is 1390. The Kier molecular flexibility index (Phi) is 6.35. The number of allylic oxidation sites excluding steroid dienone is 1. The molecule has 174 valence electrons. The number of aromatic nitrogens is 3. The van der Waals surface area contributed by atoms with E-state index in [1.54, 1.807) is 31.7 Å². The summed E-state index contributed by atoms with van der Waals surface area (Å²) in [5.74, 6) is 1.24. The van der Waals surface area contributed by atoms with Crippen LogP contribution in [-0.4, -0.2) is 60.7 Å². The second kappa shape index (κ2) is 9.72. The molecule has 3 N–H and O–H groups in total. The molecule has 0 spiro atoms. The van der Waals surface area contributed by atoms with E-state index < -0.39 is 0 Å². The number of aliphatic imine (C=N–C) groups is 1. The first kappa shape index (κ1) is 22.2. The number of benzene rings is 2. The van der Waals surface area contributed by atoms with Crippen LogP contribution in [0.1, 0.15) is 5.56 Å². The second-order valence-electron chi connectivity index (χ2n) is 7.73. The van der Waals surface area contributed by atoms with Crippen LogP contribution in [0.5, 0.6) is 5.75 Å². The van der Waals surface area contributed by atoms with Crippen LogP contribution < -0.4 is 15.8 Å². The Balaban J connectivity index is 1.62. The Morgan fingerprint density at radius 2 is 2.06 bits per heavy atom. The van der Waals surface area contributed by atoms with Crippen molar-refractivity contribution in [2.45, 2.75) is 12.2 Å². The first-order chi connectivity index (χ1) is 16.7. The van der Waals surface area contributed by atoms with E-state index in [1.807, 2.05) is 29.8 Å². The van der Waals surface area contributed by atoms with Gasteiger partial charge in [-0.05, 0) is 35.9 Å². The van der Waals surface area contributed by atoms with E-state index in [0.29, 0.717) is 30.3 Å². The minimum absolute atomic E-state index is 0.171. The van der Waals surface area contributed by atoms with Gasteiger partial charge in [0.1, 0.15) is 24.0 Å². The first-order valence-corrected chi connectivity index (χ1v) is 11.6. The molecule has 1 aliphatic heterocycles. The number of anilines is 2. The van der Waals surface area contributed by atoms with Crippen molar-refractivity contribution >= 4 is 55.7 Å². The van der Waals surface area contributed by atoms with Gasteiger partial charge in [-0.2, -0.15) is 0 Å². The maximum atomic E-state index is 6.45. The van der Waals surface area contributed by atoms with Gasteiger partial charge in [0.2, 0.25) is 0 Å². The van der Waals surface area contributed by atoms with Crippen molar-refractivity contribution in [3.8, 4) is 5.75 Å². The van der Waals surface area contributed by atoms with Gasteiger partial charge in [0, 0.05) is 37.8 Å². The summed E-state index contributed by atoms with van der Waals surface area (Å²) in [5, 5.41) is 4.18. The molecular weight excluding hydrogens is 452 g/mol. The number of fused-ring (bicyclic) bond motifs is 2. The minimum Gasteiger partial charge on any atom is -0.484 e. The highest BCUT2D eigenvalue weighted by Crippen LogP contribution is 2.36. The van der Waals surface area contributed by atoms with Crippen LogP contribution in [0, 0.1) is 0 Å². The van der Waals surface area contributed by atoms with Gasteiger partial charge in [-0.15, -0.1) is 11.3 Å². The predicted molar refractivity (Wildman–Crippen MR) is 135 cm³/mol. The molecule has 0 radical (unpaired) electrons.